The number of hydrogen-bond donors (Lipinski definition) is 1. The maximum absolute atomic E-state index is 13.4. The first-order valence-corrected chi connectivity index (χ1v) is 11.7. The van der Waals surface area contributed by atoms with E-state index in [1.165, 1.54) is 35.2 Å². The Morgan fingerprint density at radius 3 is 2.50 bits per heavy atom. The molecule has 0 bridgehead atoms. The third-order valence-electron chi connectivity index (χ3n) is 6.22. The molecule has 0 heterocycles. The van der Waals surface area contributed by atoms with Crippen LogP contribution in [0.3, 0.4) is 0 Å². The molecule has 4 heteroatoms. The van der Waals surface area contributed by atoms with Crippen LogP contribution in [0.4, 0.5) is 10.1 Å². The van der Waals surface area contributed by atoms with E-state index in [2.05, 4.69) is 24.5 Å². The van der Waals surface area contributed by atoms with Crippen molar-refractivity contribution in [3.05, 3.63) is 124 Å². The van der Waals surface area contributed by atoms with Gasteiger partial charge in [-0.15, -0.1) is 0 Å². The first-order valence-electron chi connectivity index (χ1n) is 11.7. The van der Waals surface area contributed by atoms with Gasteiger partial charge in [-0.3, -0.25) is 0 Å². The monoisotopic (exact) mass is 453 g/mol. The molecule has 0 aliphatic heterocycles. The summed E-state index contributed by atoms with van der Waals surface area (Å²) in [5.74, 6) is 1.26. The van der Waals surface area contributed by atoms with E-state index >= 15 is 0 Å². The van der Waals surface area contributed by atoms with Crippen molar-refractivity contribution in [2.24, 2.45) is 0 Å². The predicted octanol–water partition coefficient (Wildman–Crippen LogP) is 7.20. The van der Waals surface area contributed by atoms with Gasteiger partial charge in [0.1, 0.15) is 18.2 Å². The molecule has 5 rings (SSSR count). The van der Waals surface area contributed by atoms with Crippen LogP contribution in [0.15, 0.2) is 84.9 Å². The molecule has 1 aliphatic rings. The van der Waals surface area contributed by atoms with E-state index in [0.29, 0.717) is 18.8 Å². The first kappa shape index (κ1) is 22.0. The smallest absolute Gasteiger partial charge is 0.155 e. The highest BCUT2D eigenvalue weighted by atomic mass is 19.1. The van der Waals surface area contributed by atoms with Crippen LogP contribution in [-0.4, -0.2) is 0 Å². The summed E-state index contributed by atoms with van der Waals surface area (Å²) < 4.78 is 19.6. The summed E-state index contributed by atoms with van der Waals surface area (Å²) in [5.41, 5.74) is 11.3. The minimum atomic E-state index is -0.240. The zero-order valence-electron chi connectivity index (χ0n) is 19.3. The summed E-state index contributed by atoms with van der Waals surface area (Å²) in [6.07, 6.45) is 3.99. The number of hydrogen-bond acceptors (Lipinski definition) is 3. The van der Waals surface area contributed by atoms with Gasteiger partial charge in [0.2, 0.25) is 0 Å². The Labute approximate surface area is 200 Å². The average molecular weight is 454 g/mol. The molecule has 0 atom stereocenters. The summed E-state index contributed by atoms with van der Waals surface area (Å²) in [4.78, 5) is 6.02. The normalized spacial score (nSPS) is 12.3. The van der Waals surface area contributed by atoms with Crippen LogP contribution in [0.25, 0.3) is 0 Å². The molecule has 0 spiro atoms. The second kappa shape index (κ2) is 10.0. The number of fused-ring (bicyclic) bond motifs is 1. The highest BCUT2D eigenvalue weighted by Gasteiger charge is 2.16. The number of nitrogens with one attached hydrogen (secondary N) is 1. The van der Waals surface area contributed by atoms with Crippen molar-refractivity contribution in [3.63, 3.8) is 0 Å². The number of rotatable bonds is 8. The number of aryl methyl sites for hydroxylation is 2. The first-order chi connectivity index (χ1) is 16.6. The van der Waals surface area contributed by atoms with Crippen molar-refractivity contribution in [2.45, 2.75) is 39.2 Å². The van der Waals surface area contributed by atoms with Crippen molar-refractivity contribution in [2.75, 3.05) is 5.48 Å². The predicted molar refractivity (Wildman–Crippen MR) is 134 cm³/mol. The van der Waals surface area contributed by atoms with Gasteiger partial charge in [-0.2, -0.15) is 0 Å². The van der Waals surface area contributed by atoms with Gasteiger partial charge in [0.05, 0.1) is 5.69 Å². The van der Waals surface area contributed by atoms with Crippen molar-refractivity contribution < 1.29 is 14.0 Å². The molecule has 34 heavy (non-hydrogen) atoms. The van der Waals surface area contributed by atoms with E-state index in [4.69, 9.17) is 9.57 Å². The van der Waals surface area contributed by atoms with Crippen molar-refractivity contribution >= 4 is 5.69 Å². The van der Waals surface area contributed by atoms with E-state index in [9.17, 15) is 4.39 Å². The second-order valence-electron chi connectivity index (χ2n) is 8.85. The zero-order chi connectivity index (χ0) is 23.3. The Morgan fingerprint density at radius 2 is 1.68 bits per heavy atom. The second-order valence-corrected chi connectivity index (χ2v) is 8.85. The molecule has 0 fully saturated rings. The fraction of sp³-hybridized carbons (Fsp3) is 0.200. The minimum Gasteiger partial charge on any atom is -0.489 e. The molecule has 3 nitrogen and oxygen atoms in total. The number of anilines is 1. The van der Waals surface area contributed by atoms with E-state index < -0.39 is 0 Å². The van der Waals surface area contributed by atoms with Gasteiger partial charge in [0.15, 0.2) is 5.75 Å². The molecular formula is C30H28FNO2. The maximum atomic E-state index is 13.4. The molecule has 0 amide bonds. The fourth-order valence-corrected chi connectivity index (χ4v) is 4.53. The molecule has 0 saturated carbocycles. The van der Waals surface area contributed by atoms with E-state index in [1.54, 1.807) is 12.1 Å². The summed E-state index contributed by atoms with van der Waals surface area (Å²) in [6, 6.07) is 26.9. The largest absolute Gasteiger partial charge is 0.489 e. The van der Waals surface area contributed by atoms with Crippen LogP contribution >= 0.6 is 0 Å². The van der Waals surface area contributed by atoms with Gasteiger partial charge in [0, 0.05) is 12.0 Å². The fourth-order valence-electron chi connectivity index (χ4n) is 4.53. The molecule has 172 valence electrons. The van der Waals surface area contributed by atoms with Crippen LogP contribution < -0.4 is 15.1 Å². The topological polar surface area (TPSA) is 30.5 Å². The third-order valence-corrected chi connectivity index (χ3v) is 6.22. The van der Waals surface area contributed by atoms with Crippen LogP contribution in [0, 0.1) is 12.7 Å². The summed E-state index contributed by atoms with van der Waals surface area (Å²) in [7, 11) is 0. The van der Waals surface area contributed by atoms with E-state index in [-0.39, 0.29) is 5.82 Å². The van der Waals surface area contributed by atoms with Gasteiger partial charge in [-0.25, -0.2) is 9.87 Å². The van der Waals surface area contributed by atoms with Gasteiger partial charge in [-0.1, -0.05) is 48.5 Å². The quantitative estimate of drug-likeness (QED) is 0.286. The van der Waals surface area contributed by atoms with Crippen LogP contribution in [0.5, 0.6) is 11.5 Å². The van der Waals surface area contributed by atoms with Gasteiger partial charge < -0.3 is 9.57 Å². The Bertz CT molecular complexity index is 1270. The molecule has 1 aliphatic carbocycles. The Morgan fingerprint density at radius 1 is 0.853 bits per heavy atom. The molecule has 0 aromatic heterocycles. The van der Waals surface area contributed by atoms with Gasteiger partial charge >= 0.3 is 0 Å². The molecule has 4 aromatic carbocycles. The summed E-state index contributed by atoms with van der Waals surface area (Å²) in [5, 5.41) is 0. The van der Waals surface area contributed by atoms with Crippen LogP contribution in [0.2, 0.25) is 0 Å². The number of ether oxygens (including phenoxy) is 1. The standard InChI is InChI=1S/C30H28FNO2/c1-21-16-24-8-5-9-28(24)29(17-21)32-34-27-14-15-30(33-20-23-6-3-2-4-7-23)25(19-27)18-22-10-12-26(31)13-11-22/h2-4,6-7,10-17,19,32H,5,8-9,18,20H2,1H3. The number of halogens is 1. The van der Waals surface area contributed by atoms with Gasteiger partial charge in [-0.05, 0) is 90.4 Å². The Balaban J connectivity index is 1.37. The van der Waals surface area contributed by atoms with Crippen molar-refractivity contribution in [3.8, 4) is 11.5 Å². The molecule has 0 radical (unpaired) electrons. The highest BCUT2D eigenvalue weighted by molar-refractivity contribution is 5.58. The SMILES string of the molecule is Cc1cc2c(c(NOc3ccc(OCc4ccccc4)c(Cc4ccc(F)cc4)c3)c1)CCC2. The zero-order valence-corrected chi connectivity index (χ0v) is 19.3. The lowest BCUT2D eigenvalue weighted by Crippen LogP contribution is -2.08. The molecular weight excluding hydrogens is 425 g/mol. The van der Waals surface area contributed by atoms with E-state index in [1.807, 2.05) is 48.5 Å². The van der Waals surface area contributed by atoms with Crippen molar-refractivity contribution in [1.82, 2.24) is 0 Å². The molecule has 4 aromatic rings. The Kier molecular flexibility index (Phi) is 6.48. The maximum Gasteiger partial charge on any atom is 0.155 e. The molecule has 0 unspecified atom stereocenters. The highest BCUT2D eigenvalue weighted by Crippen LogP contribution is 2.32. The lowest BCUT2D eigenvalue weighted by molar-refractivity contribution is 0.302. The average Bonchev–Trinajstić information content (AvgIpc) is 3.32. The summed E-state index contributed by atoms with van der Waals surface area (Å²) in [6.45, 7) is 2.59. The van der Waals surface area contributed by atoms with Crippen molar-refractivity contribution in [1.29, 1.82) is 0 Å². The summed E-state index contributed by atoms with van der Waals surface area (Å²) >= 11 is 0. The van der Waals surface area contributed by atoms with Gasteiger partial charge in [0.25, 0.3) is 0 Å². The van der Waals surface area contributed by atoms with Crippen LogP contribution in [0.1, 0.15) is 39.8 Å². The lowest BCUT2D eigenvalue weighted by Gasteiger charge is -2.16. The Hall–Kier alpha value is -3.79. The lowest BCUT2D eigenvalue weighted by atomic mass is 10.0. The third kappa shape index (κ3) is 5.23. The van der Waals surface area contributed by atoms with Crippen LogP contribution in [-0.2, 0) is 25.9 Å². The minimum absolute atomic E-state index is 0.240. The molecule has 1 N–H and O–H groups in total. The molecule has 0 saturated heterocycles. The van der Waals surface area contributed by atoms with E-state index in [0.717, 1.165) is 41.0 Å². The number of benzene rings is 4.